The summed E-state index contributed by atoms with van der Waals surface area (Å²) in [6, 6.07) is 3.34. The van der Waals surface area contributed by atoms with E-state index in [-0.39, 0.29) is 30.8 Å². The predicted molar refractivity (Wildman–Crippen MR) is 151 cm³/mol. The summed E-state index contributed by atoms with van der Waals surface area (Å²) >= 11 is 0. The zero-order valence-corrected chi connectivity index (χ0v) is 25.1. The van der Waals surface area contributed by atoms with Gasteiger partial charge < -0.3 is 43.6 Å². The Labute approximate surface area is 250 Å². The van der Waals surface area contributed by atoms with Gasteiger partial charge in [-0.1, -0.05) is 37.3 Å². The first-order chi connectivity index (χ1) is 20.6. The highest BCUT2D eigenvalue weighted by Gasteiger charge is 2.88. The van der Waals surface area contributed by atoms with Crippen LogP contribution in [-0.2, 0) is 33.2 Å². The number of esters is 2. The van der Waals surface area contributed by atoms with Crippen molar-refractivity contribution in [3.63, 3.8) is 0 Å². The van der Waals surface area contributed by atoms with E-state index in [2.05, 4.69) is 11.6 Å². The summed E-state index contributed by atoms with van der Waals surface area (Å²) in [6.45, 7) is 8.06. The van der Waals surface area contributed by atoms with Gasteiger partial charge in [0.25, 0.3) is 0 Å². The average molecular weight is 600 g/mol. The van der Waals surface area contributed by atoms with E-state index in [1.807, 2.05) is 32.1 Å². The summed E-state index contributed by atoms with van der Waals surface area (Å²) in [5.74, 6) is -3.88. The topological polar surface area (TPSA) is 146 Å². The maximum absolute atomic E-state index is 14.0. The number of rotatable bonds is 9. The van der Waals surface area contributed by atoms with Gasteiger partial charge in [0.1, 0.15) is 47.4 Å². The molecular weight excluding hydrogens is 558 g/mol. The summed E-state index contributed by atoms with van der Waals surface area (Å²) in [5, 5.41) is 23.1. The van der Waals surface area contributed by atoms with Crippen LogP contribution in [0.4, 0.5) is 0 Å². The molecule has 0 radical (unpaired) electrons. The van der Waals surface area contributed by atoms with Crippen LogP contribution in [0, 0.1) is 40.9 Å². The number of aromatic nitrogens is 1. The van der Waals surface area contributed by atoms with E-state index in [4.69, 9.17) is 28.4 Å². The molecule has 0 aromatic carbocycles. The quantitative estimate of drug-likeness (QED) is 0.219. The number of nitrogens with one attached hydrogen (secondary N) is 1. The number of hydrogen-bond acceptors (Lipinski definition) is 10. The van der Waals surface area contributed by atoms with Crippen LogP contribution in [0.5, 0.6) is 0 Å². The van der Waals surface area contributed by atoms with Crippen molar-refractivity contribution in [1.29, 1.82) is 0 Å². The van der Waals surface area contributed by atoms with Crippen molar-refractivity contribution < 1.29 is 48.2 Å². The lowest BCUT2D eigenvalue weighted by molar-refractivity contribution is -0.439. The molecule has 5 aliphatic rings. The lowest BCUT2D eigenvalue weighted by atomic mass is 9.32. The van der Waals surface area contributed by atoms with Gasteiger partial charge in [-0.3, -0.25) is 4.79 Å². The molecule has 3 aliphatic carbocycles. The monoisotopic (exact) mass is 599 g/mol. The van der Waals surface area contributed by atoms with Crippen LogP contribution in [-0.4, -0.2) is 97.8 Å². The number of aliphatic hydroxyl groups is 2. The van der Waals surface area contributed by atoms with Crippen LogP contribution in [0.3, 0.4) is 0 Å². The van der Waals surface area contributed by atoms with Crippen molar-refractivity contribution in [2.45, 2.75) is 50.0 Å². The number of allylic oxidation sites excluding steroid dienone is 1. The Hall–Kier alpha value is -2.96. The van der Waals surface area contributed by atoms with Gasteiger partial charge in [0.15, 0.2) is 0 Å². The van der Waals surface area contributed by atoms with Crippen molar-refractivity contribution in [2.75, 3.05) is 34.5 Å². The molecule has 1 saturated heterocycles. The highest BCUT2D eigenvalue weighted by molar-refractivity contribution is 5.87. The van der Waals surface area contributed by atoms with E-state index in [9.17, 15) is 19.8 Å². The Morgan fingerprint density at radius 2 is 2.00 bits per heavy atom. The third-order valence-corrected chi connectivity index (χ3v) is 10.7. The summed E-state index contributed by atoms with van der Waals surface area (Å²) in [6.07, 6.45) is 3.47. The van der Waals surface area contributed by atoms with Gasteiger partial charge in [0.05, 0.1) is 26.4 Å². The van der Waals surface area contributed by atoms with Gasteiger partial charge in [-0.05, 0) is 19.1 Å². The second kappa shape index (κ2) is 10.9. The first-order valence-corrected chi connectivity index (χ1v) is 14.8. The highest BCUT2D eigenvalue weighted by atomic mass is 16.6. The van der Waals surface area contributed by atoms with Crippen molar-refractivity contribution in [3.8, 4) is 0 Å². The van der Waals surface area contributed by atoms with E-state index in [1.165, 1.54) is 14.2 Å². The largest absolute Gasteiger partial charge is 0.501 e. The minimum Gasteiger partial charge on any atom is -0.501 e. The second-order valence-corrected chi connectivity index (χ2v) is 12.5. The molecule has 2 saturated carbocycles. The molecule has 3 fully saturated rings. The Kier molecular flexibility index (Phi) is 7.62. The summed E-state index contributed by atoms with van der Waals surface area (Å²) in [7, 11) is 4.47. The number of ether oxygens (including phenoxy) is 6. The predicted octanol–water partition coefficient (Wildman–Crippen LogP) is 2.02. The SMILES string of the molecule is C=C(OC)[C@H]1C(=O)O[C@H]([C@H](O)COC)[C@H](C)/C=C(\C)[C@]23[C@@H]4[C@H](O)[C@@H](COC)[C@@H](OC(=O)c5ccc[nH]5)[C@@H]5OC2(C=C[C@H]13)[C@@H]54. The molecule has 1 unspecified atom stereocenters. The molecule has 2 aliphatic heterocycles. The number of aliphatic hydroxyl groups excluding tert-OH is 2. The fraction of sp³-hybridized carbons (Fsp3) is 0.625. The molecule has 2 spiro atoms. The minimum absolute atomic E-state index is 0.0149. The van der Waals surface area contributed by atoms with Crippen molar-refractivity contribution in [3.05, 3.63) is 60.2 Å². The molecule has 0 bridgehead atoms. The Morgan fingerprint density at radius 1 is 1.23 bits per heavy atom. The molecule has 11 nitrogen and oxygen atoms in total. The molecule has 3 heterocycles. The van der Waals surface area contributed by atoms with Crippen molar-refractivity contribution in [1.82, 2.24) is 4.98 Å². The molecule has 1 aromatic heterocycles. The van der Waals surface area contributed by atoms with E-state index < -0.39 is 77.1 Å². The molecule has 6 rings (SSSR count). The Bertz CT molecular complexity index is 1320. The van der Waals surface area contributed by atoms with Gasteiger partial charge >= 0.3 is 11.9 Å². The number of carbonyl (C=O) groups excluding carboxylic acids is 2. The third kappa shape index (κ3) is 3.98. The normalized spacial score (nSPS) is 44.3. The molecule has 43 heavy (non-hydrogen) atoms. The number of aromatic amines is 1. The molecule has 1 aromatic rings. The van der Waals surface area contributed by atoms with Gasteiger partial charge in [0.2, 0.25) is 0 Å². The highest BCUT2D eigenvalue weighted by Crippen LogP contribution is 2.81. The second-order valence-electron chi connectivity index (χ2n) is 12.5. The van der Waals surface area contributed by atoms with E-state index >= 15 is 0 Å². The fourth-order valence-corrected chi connectivity index (χ4v) is 9.10. The molecule has 11 heteroatoms. The average Bonchev–Trinajstić information content (AvgIpc) is 3.61. The van der Waals surface area contributed by atoms with Crippen LogP contribution in [0.1, 0.15) is 24.3 Å². The first kappa shape index (κ1) is 30.1. The summed E-state index contributed by atoms with van der Waals surface area (Å²) < 4.78 is 35.1. The number of carbonyl (C=O) groups is 2. The number of methoxy groups -OCH3 is 3. The zero-order valence-electron chi connectivity index (χ0n) is 25.1. The standard InChI is InChI=1S/C32H41NO10/c1-15-12-16(2)32-19(22(17(3)40-6)30(37)41-26(15)21(34)14-39-5)9-10-31(32)24-23(32)25(35)18(13-38-4)27(28(24)43-31)42-29(36)20-8-7-11-33-20/h7-12,15,18-19,21-28,33-35H,3,13-14H2,1-2,4-6H3/b16-12+/t15-,18-,19-,21-,22-,23+,24-,25-,26+,27-,28-,31?,32+/m1/s1. The first-order valence-electron chi connectivity index (χ1n) is 14.8. The Balaban J connectivity index is 1.44. The lowest BCUT2D eigenvalue weighted by Crippen LogP contribution is -2.89. The fourth-order valence-electron chi connectivity index (χ4n) is 9.10. The van der Waals surface area contributed by atoms with E-state index in [0.717, 1.165) is 5.57 Å². The van der Waals surface area contributed by atoms with Gasteiger partial charge in [-0.2, -0.15) is 0 Å². The van der Waals surface area contributed by atoms with Gasteiger partial charge in [0, 0.05) is 55.4 Å². The molecule has 234 valence electrons. The maximum Gasteiger partial charge on any atom is 0.355 e. The third-order valence-electron chi connectivity index (χ3n) is 10.7. The van der Waals surface area contributed by atoms with Gasteiger partial charge in [-0.15, -0.1) is 0 Å². The zero-order chi connectivity index (χ0) is 30.8. The smallest absolute Gasteiger partial charge is 0.355 e. The number of cyclic esters (lactones) is 1. The van der Waals surface area contributed by atoms with Crippen LogP contribution in [0.25, 0.3) is 0 Å². The lowest BCUT2D eigenvalue weighted by Gasteiger charge is -2.80. The van der Waals surface area contributed by atoms with E-state index in [1.54, 1.807) is 25.4 Å². The molecule has 13 atom stereocenters. The minimum atomic E-state index is -1.07. The maximum atomic E-state index is 14.0. The molecular formula is C32H41NO10. The van der Waals surface area contributed by atoms with Gasteiger partial charge in [-0.25, -0.2) is 4.79 Å². The van der Waals surface area contributed by atoms with Crippen LogP contribution < -0.4 is 0 Å². The van der Waals surface area contributed by atoms with Crippen LogP contribution >= 0.6 is 0 Å². The van der Waals surface area contributed by atoms with Crippen LogP contribution in [0.2, 0.25) is 0 Å². The Morgan fingerprint density at radius 3 is 2.65 bits per heavy atom. The number of H-pyrrole nitrogens is 1. The van der Waals surface area contributed by atoms with Crippen molar-refractivity contribution >= 4 is 11.9 Å². The summed E-state index contributed by atoms with van der Waals surface area (Å²) in [4.78, 5) is 29.9. The van der Waals surface area contributed by atoms with E-state index in [0.29, 0.717) is 5.69 Å². The summed E-state index contributed by atoms with van der Waals surface area (Å²) in [5.41, 5.74) is -0.481. The van der Waals surface area contributed by atoms with Crippen LogP contribution in [0.15, 0.2) is 54.5 Å². The molecule has 0 amide bonds. The number of hydrogen-bond donors (Lipinski definition) is 3. The molecule has 3 N–H and O–H groups in total. The van der Waals surface area contributed by atoms with Crippen molar-refractivity contribution in [2.24, 2.45) is 40.9 Å².